The third-order valence-electron chi connectivity index (χ3n) is 2.04. The number of nitrogens with one attached hydrogen (secondary N) is 2. The minimum absolute atomic E-state index is 0.187. The molecule has 0 bridgehead atoms. The van der Waals surface area contributed by atoms with Gasteiger partial charge in [-0.1, -0.05) is 0 Å². The van der Waals surface area contributed by atoms with Gasteiger partial charge in [0.2, 0.25) is 0 Å². The van der Waals surface area contributed by atoms with E-state index in [1.807, 2.05) is 0 Å². The van der Waals surface area contributed by atoms with Crippen molar-refractivity contribution < 1.29 is 18.3 Å². The van der Waals surface area contributed by atoms with Crippen LogP contribution in [0.3, 0.4) is 0 Å². The maximum atomic E-state index is 13.2. The zero-order chi connectivity index (χ0) is 14.5. The summed E-state index contributed by atoms with van der Waals surface area (Å²) in [6, 6.07) is 3.26. The van der Waals surface area contributed by atoms with Crippen LogP contribution in [0.1, 0.15) is 20.8 Å². The molecule has 0 aliphatic heterocycles. The van der Waals surface area contributed by atoms with E-state index in [1.165, 1.54) is 6.07 Å². The SMILES string of the molecule is CC(C)(C)OC(=O)NCCNc1ccc(F)cc1F. The van der Waals surface area contributed by atoms with Crippen molar-refractivity contribution in [1.29, 1.82) is 0 Å². The molecule has 0 saturated carbocycles. The van der Waals surface area contributed by atoms with E-state index in [-0.39, 0.29) is 12.2 Å². The first-order valence-electron chi connectivity index (χ1n) is 5.94. The van der Waals surface area contributed by atoms with Crippen LogP contribution < -0.4 is 10.6 Å². The first-order chi connectivity index (χ1) is 8.78. The largest absolute Gasteiger partial charge is 0.444 e. The first kappa shape index (κ1) is 15.2. The normalized spacial score (nSPS) is 11.0. The standard InChI is InChI=1S/C13H18F2N2O2/c1-13(2,3)19-12(18)17-7-6-16-11-5-4-9(14)8-10(11)15/h4-5,8,16H,6-7H2,1-3H3,(H,17,18). The van der Waals surface area contributed by atoms with E-state index in [0.29, 0.717) is 6.54 Å². The average Bonchev–Trinajstić information content (AvgIpc) is 2.24. The molecule has 0 aliphatic carbocycles. The topological polar surface area (TPSA) is 50.4 Å². The molecule has 6 heteroatoms. The number of benzene rings is 1. The lowest BCUT2D eigenvalue weighted by Crippen LogP contribution is -2.35. The molecule has 0 aromatic heterocycles. The second-order valence-corrected chi connectivity index (χ2v) is 4.98. The van der Waals surface area contributed by atoms with Crippen molar-refractivity contribution in [3.63, 3.8) is 0 Å². The Morgan fingerprint density at radius 2 is 1.95 bits per heavy atom. The van der Waals surface area contributed by atoms with Gasteiger partial charge >= 0.3 is 6.09 Å². The predicted octanol–water partition coefficient (Wildman–Crippen LogP) is 2.90. The highest BCUT2D eigenvalue weighted by atomic mass is 19.1. The fourth-order valence-corrected chi connectivity index (χ4v) is 1.31. The summed E-state index contributed by atoms with van der Waals surface area (Å²) in [6.45, 7) is 5.86. The molecule has 1 aromatic rings. The van der Waals surface area contributed by atoms with E-state index in [9.17, 15) is 13.6 Å². The van der Waals surface area contributed by atoms with Gasteiger partial charge in [-0.25, -0.2) is 13.6 Å². The number of ether oxygens (including phenoxy) is 1. The molecule has 19 heavy (non-hydrogen) atoms. The maximum absolute atomic E-state index is 13.2. The lowest BCUT2D eigenvalue weighted by molar-refractivity contribution is 0.0530. The number of carbonyl (C=O) groups is 1. The van der Waals surface area contributed by atoms with E-state index in [1.54, 1.807) is 20.8 Å². The maximum Gasteiger partial charge on any atom is 0.407 e. The van der Waals surface area contributed by atoms with Crippen molar-refractivity contribution in [2.75, 3.05) is 18.4 Å². The molecule has 1 amide bonds. The molecular weight excluding hydrogens is 254 g/mol. The van der Waals surface area contributed by atoms with Crippen LogP contribution in [0.5, 0.6) is 0 Å². The van der Waals surface area contributed by atoms with Crippen molar-refractivity contribution in [2.45, 2.75) is 26.4 Å². The summed E-state index contributed by atoms with van der Waals surface area (Å²) >= 11 is 0. The Hall–Kier alpha value is -1.85. The monoisotopic (exact) mass is 272 g/mol. The molecule has 1 aromatic carbocycles. The van der Waals surface area contributed by atoms with Crippen molar-refractivity contribution >= 4 is 11.8 Å². The summed E-state index contributed by atoms with van der Waals surface area (Å²) in [7, 11) is 0. The van der Waals surface area contributed by atoms with Crippen LogP contribution in [0.2, 0.25) is 0 Å². The summed E-state index contributed by atoms with van der Waals surface area (Å²) in [5, 5.41) is 5.27. The van der Waals surface area contributed by atoms with Crippen LogP contribution in [-0.2, 0) is 4.74 Å². The Kier molecular flexibility index (Phi) is 5.09. The minimum atomic E-state index is -0.669. The fourth-order valence-electron chi connectivity index (χ4n) is 1.31. The summed E-state index contributed by atoms with van der Waals surface area (Å²) in [5.41, 5.74) is -0.368. The van der Waals surface area contributed by atoms with Gasteiger partial charge in [-0.2, -0.15) is 0 Å². The molecule has 0 heterocycles. The smallest absolute Gasteiger partial charge is 0.407 e. The molecule has 0 radical (unpaired) electrons. The molecule has 106 valence electrons. The van der Waals surface area contributed by atoms with Gasteiger partial charge in [0.1, 0.15) is 17.2 Å². The second-order valence-electron chi connectivity index (χ2n) is 4.98. The first-order valence-corrected chi connectivity index (χ1v) is 5.94. The molecule has 4 nitrogen and oxygen atoms in total. The van der Waals surface area contributed by atoms with Gasteiger partial charge < -0.3 is 15.4 Å². The third-order valence-corrected chi connectivity index (χ3v) is 2.04. The summed E-state index contributed by atoms with van der Waals surface area (Å²) in [6.07, 6.45) is -0.533. The zero-order valence-electron chi connectivity index (χ0n) is 11.2. The van der Waals surface area contributed by atoms with Crippen LogP contribution in [0.15, 0.2) is 18.2 Å². The van der Waals surface area contributed by atoms with Gasteiger partial charge in [0.25, 0.3) is 0 Å². The Morgan fingerprint density at radius 3 is 2.53 bits per heavy atom. The molecule has 0 aliphatic rings. The van der Waals surface area contributed by atoms with E-state index >= 15 is 0 Å². The third kappa shape index (κ3) is 6.03. The Morgan fingerprint density at radius 1 is 1.26 bits per heavy atom. The molecule has 0 spiro atoms. The summed E-state index contributed by atoms with van der Waals surface area (Å²) in [5.74, 6) is -1.30. The number of amides is 1. The number of hydrogen-bond acceptors (Lipinski definition) is 3. The van der Waals surface area contributed by atoms with Gasteiger partial charge in [0.05, 0.1) is 5.69 Å². The number of halogens is 2. The van der Waals surface area contributed by atoms with Crippen molar-refractivity contribution in [3.8, 4) is 0 Å². The molecular formula is C13H18F2N2O2. The van der Waals surface area contributed by atoms with Crippen LogP contribution in [0.25, 0.3) is 0 Å². The highest BCUT2D eigenvalue weighted by molar-refractivity contribution is 5.67. The summed E-state index contributed by atoms with van der Waals surface area (Å²) in [4.78, 5) is 11.3. The van der Waals surface area contributed by atoms with Crippen LogP contribution in [-0.4, -0.2) is 24.8 Å². The van der Waals surface area contributed by atoms with Crippen LogP contribution >= 0.6 is 0 Å². The molecule has 0 atom stereocenters. The lowest BCUT2D eigenvalue weighted by Gasteiger charge is -2.19. The van der Waals surface area contributed by atoms with Gasteiger partial charge in [-0.05, 0) is 32.9 Å². The van der Waals surface area contributed by atoms with Crippen molar-refractivity contribution in [1.82, 2.24) is 5.32 Å². The Bertz CT molecular complexity index is 445. The van der Waals surface area contributed by atoms with Crippen molar-refractivity contribution in [2.24, 2.45) is 0 Å². The van der Waals surface area contributed by atoms with Gasteiger partial charge in [-0.3, -0.25) is 0 Å². The Balaban J connectivity index is 2.29. The van der Waals surface area contributed by atoms with Crippen molar-refractivity contribution in [3.05, 3.63) is 29.8 Å². The van der Waals surface area contributed by atoms with E-state index < -0.39 is 23.3 Å². The molecule has 2 N–H and O–H groups in total. The zero-order valence-corrected chi connectivity index (χ0v) is 11.2. The number of anilines is 1. The number of rotatable bonds is 4. The fraction of sp³-hybridized carbons (Fsp3) is 0.462. The van der Waals surface area contributed by atoms with E-state index in [2.05, 4.69) is 10.6 Å². The quantitative estimate of drug-likeness (QED) is 0.829. The highest BCUT2D eigenvalue weighted by Crippen LogP contribution is 2.14. The Labute approximate surface area is 111 Å². The molecule has 0 fully saturated rings. The predicted molar refractivity (Wildman–Crippen MR) is 69.1 cm³/mol. The second kappa shape index (κ2) is 6.36. The molecule has 1 rings (SSSR count). The number of carbonyl (C=O) groups excluding carboxylic acids is 1. The van der Waals surface area contributed by atoms with Crippen LogP contribution in [0, 0.1) is 11.6 Å². The van der Waals surface area contributed by atoms with Gasteiger partial charge in [0, 0.05) is 19.2 Å². The van der Waals surface area contributed by atoms with Gasteiger partial charge in [-0.15, -0.1) is 0 Å². The highest BCUT2D eigenvalue weighted by Gasteiger charge is 2.15. The summed E-state index contributed by atoms with van der Waals surface area (Å²) < 4.78 is 30.9. The lowest BCUT2D eigenvalue weighted by atomic mass is 10.2. The van der Waals surface area contributed by atoms with E-state index in [0.717, 1.165) is 12.1 Å². The van der Waals surface area contributed by atoms with Crippen LogP contribution in [0.4, 0.5) is 19.3 Å². The molecule has 0 unspecified atom stereocenters. The number of alkyl carbamates (subject to hydrolysis) is 1. The van der Waals surface area contributed by atoms with E-state index in [4.69, 9.17) is 4.74 Å². The average molecular weight is 272 g/mol. The minimum Gasteiger partial charge on any atom is -0.444 e. The number of hydrogen-bond donors (Lipinski definition) is 2. The molecule has 0 saturated heterocycles. The van der Waals surface area contributed by atoms with Gasteiger partial charge in [0.15, 0.2) is 0 Å².